The Balaban J connectivity index is 1.28. The highest BCUT2D eigenvalue weighted by Crippen LogP contribution is 2.49. The number of carboxylic acid groups (broad SMARTS) is 1. The summed E-state index contributed by atoms with van der Waals surface area (Å²) in [5.41, 5.74) is 3.89. The van der Waals surface area contributed by atoms with Crippen molar-refractivity contribution in [2.75, 3.05) is 5.32 Å². The number of halogens is 1. The number of ether oxygens (including phenoxy) is 1. The van der Waals surface area contributed by atoms with Gasteiger partial charge in [-0.05, 0) is 59.4 Å². The van der Waals surface area contributed by atoms with E-state index in [1.807, 2.05) is 78.9 Å². The molecular weight excluding hydrogens is 528 g/mol. The van der Waals surface area contributed by atoms with Gasteiger partial charge in [0.25, 0.3) is 0 Å². The Morgan fingerprint density at radius 1 is 0.950 bits per heavy atom. The van der Waals surface area contributed by atoms with Gasteiger partial charge in [-0.2, -0.15) is 0 Å². The first kappa shape index (κ1) is 25.6. The topological polar surface area (TPSA) is 102 Å². The number of carboxylic acids is 1. The Kier molecular flexibility index (Phi) is 6.52. The van der Waals surface area contributed by atoms with Crippen LogP contribution in [0.15, 0.2) is 95.6 Å². The molecule has 0 bridgehead atoms. The van der Waals surface area contributed by atoms with Crippen LogP contribution in [0.3, 0.4) is 0 Å². The molecule has 1 heterocycles. The minimum Gasteiger partial charge on any atom is -0.481 e. The summed E-state index contributed by atoms with van der Waals surface area (Å²) < 4.78 is 11.2. The van der Waals surface area contributed by atoms with Crippen molar-refractivity contribution in [3.63, 3.8) is 0 Å². The van der Waals surface area contributed by atoms with Crippen LogP contribution >= 0.6 is 11.6 Å². The van der Waals surface area contributed by atoms with Gasteiger partial charge in [-0.15, -0.1) is 0 Å². The third-order valence-corrected chi connectivity index (χ3v) is 7.85. The van der Waals surface area contributed by atoms with E-state index in [9.17, 15) is 14.7 Å². The molecule has 40 heavy (non-hydrogen) atoms. The molecule has 8 heteroatoms. The van der Waals surface area contributed by atoms with Gasteiger partial charge >= 0.3 is 12.1 Å². The maximum atomic E-state index is 12.8. The second kappa shape index (κ2) is 10.2. The summed E-state index contributed by atoms with van der Waals surface area (Å²) in [5, 5.41) is 18.7. The second-order valence-electron chi connectivity index (χ2n) is 9.93. The fourth-order valence-electron chi connectivity index (χ4n) is 5.16. The van der Waals surface area contributed by atoms with E-state index in [0.717, 1.165) is 33.0 Å². The normalized spacial score (nSPS) is 14.4. The van der Waals surface area contributed by atoms with Crippen LogP contribution in [0.2, 0.25) is 5.02 Å². The molecule has 1 unspecified atom stereocenters. The number of nitrogens with zero attached hydrogens (tertiary/aromatic N) is 1. The molecule has 0 radical (unpaired) electrons. The Hall–Kier alpha value is -4.62. The molecule has 1 atom stereocenters. The molecule has 2 N–H and O–H groups in total. The number of aliphatic carboxylic acids is 1. The quantitative estimate of drug-likeness (QED) is 0.211. The van der Waals surface area contributed by atoms with Crippen molar-refractivity contribution in [3.05, 3.63) is 107 Å². The lowest BCUT2D eigenvalue weighted by atomic mass is 9.91. The van der Waals surface area contributed by atoms with Crippen molar-refractivity contribution in [1.29, 1.82) is 0 Å². The molecule has 1 saturated carbocycles. The Morgan fingerprint density at radius 2 is 1.60 bits per heavy atom. The first-order valence-electron chi connectivity index (χ1n) is 12.9. The minimum atomic E-state index is -0.770. The minimum absolute atomic E-state index is 0.377. The van der Waals surface area contributed by atoms with Gasteiger partial charge in [-0.25, -0.2) is 4.79 Å². The van der Waals surface area contributed by atoms with E-state index in [0.29, 0.717) is 34.9 Å². The molecule has 5 aromatic rings. The number of hydrogen-bond donors (Lipinski definition) is 2. The standard InChI is InChI=1S/C32H25ClN2O5/c1-19(22-6-4-5-9-27(22)33)39-31(38)35-28-18-34-40-29(28)26-15-14-23(24-7-2-3-8-25(24)26)20-10-12-21(13-11-20)32(16-17-32)30(36)37/h2-15,18-19H,16-17H2,1H3,(H,35,38)(H,36,37). The largest absolute Gasteiger partial charge is 0.481 e. The fraction of sp³-hybridized carbons (Fsp3) is 0.156. The third kappa shape index (κ3) is 4.58. The van der Waals surface area contributed by atoms with Crippen molar-refractivity contribution in [3.8, 4) is 22.5 Å². The van der Waals surface area contributed by atoms with E-state index >= 15 is 0 Å². The number of carbonyl (C=O) groups is 2. The maximum Gasteiger partial charge on any atom is 0.412 e. The highest BCUT2D eigenvalue weighted by Gasteiger charge is 2.51. The Morgan fingerprint density at radius 3 is 2.27 bits per heavy atom. The van der Waals surface area contributed by atoms with Crippen molar-refractivity contribution >= 4 is 40.1 Å². The number of anilines is 1. The van der Waals surface area contributed by atoms with Crippen molar-refractivity contribution in [1.82, 2.24) is 5.16 Å². The molecule has 1 aromatic heterocycles. The van der Waals surface area contributed by atoms with E-state index in [4.69, 9.17) is 20.9 Å². The van der Waals surface area contributed by atoms with Crippen LogP contribution in [-0.4, -0.2) is 22.3 Å². The lowest BCUT2D eigenvalue weighted by Crippen LogP contribution is -2.19. The number of rotatable bonds is 7. The predicted octanol–water partition coefficient (Wildman–Crippen LogP) is 8.24. The van der Waals surface area contributed by atoms with Crippen molar-refractivity contribution < 1.29 is 24.0 Å². The molecule has 0 aliphatic heterocycles. The molecule has 7 nitrogen and oxygen atoms in total. The Labute approximate surface area is 235 Å². The molecule has 4 aromatic carbocycles. The number of carbonyl (C=O) groups excluding carboxylic acids is 1. The van der Waals surface area contributed by atoms with E-state index in [2.05, 4.69) is 10.5 Å². The van der Waals surface area contributed by atoms with Crippen LogP contribution in [0, 0.1) is 0 Å². The summed E-state index contributed by atoms with van der Waals surface area (Å²) in [4.78, 5) is 24.5. The van der Waals surface area contributed by atoms with Crippen LogP contribution in [0.1, 0.15) is 37.0 Å². The highest BCUT2D eigenvalue weighted by molar-refractivity contribution is 6.31. The molecule has 1 amide bonds. The van der Waals surface area contributed by atoms with Crippen LogP contribution in [-0.2, 0) is 14.9 Å². The SMILES string of the molecule is CC(OC(=O)Nc1cnoc1-c1ccc(-c2ccc(C3(C(=O)O)CC3)cc2)c2ccccc12)c1ccccc1Cl. The summed E-state index contributed by atoms with van der Waals surface area (Å²) in [6.45, 7) is 1.75. The van der Waals surface area contributed by atoms with E-state index in [1.54, 1.807) is 13.0 Å². The molecular formula is C32H25ClN2O5. The van der Waals surface area contributed by atoms with E-state index < -0.39 is 23.6 Å². The predicted molar refractivity (Wildman–Crippen MR) is 153 cm³/mol. The summed E-state index contributed by atoms with van der Waals surface area (Å²) in [7, 11) is 0. The zero-order valence-electron chi connectivity index (χ0n) is 21.6. The summed E-state index contributed by atoms with van der Waals surface area (Å²) in [6.07, 6.45) is 1.55. The number of aromatic nitrogens is 1. The van der Waals surface area contributed by atoms with Gasteiger partial charge in [-0.1, -0.05) is 89.6 Å². The van der Waals surface area contributed by atoms with Gasteiger partial charge in [0.1, 0.15) is 11.8 Å². The fourth-order valence-corrected chi connectivity index (χ4v) is 5.45. The van der Waals surface area contributed by atoms with Crippen molar-refractivity contribution in [2.45, 2.75) is 31.3 Å². The number of hydrogen-bond acceptors (Lipinski definition) is 5. The van der Waals surface area contributed by atoms with Gasteiger partial charge < -0.3 is 14.4 Å². The zero-order chi connectivity index (χ0) is 27.9. The number of benzene rings is 4. The van der Waals surface area contributed by atoms with E-state index in [-0.39, 0.29) is 0 Å². The molecule has 0 spiro atoms. The first-order chi connectivity index (χ1) is 19.4. The highest BCUT2D eigenvalue weighted by atomic mass is 35.5. The number of amides is 1. The third-order valence-electron chi connectivity index (χ3n) is 7.51. The van der Waals surface area contributed by atoms with Crippen LogP contribution in [0.5, 0.6) is 0 Å². The zero-order valence-corrected chi connectivity index (χ0v) is 22.3. The summed E-state index contributed by atoms with van der Waals surface area (Å²) >= 11 is 6.25. The van der Waals surface area contributed by atoms with Crippen LogP contribution in [0.4, 0.5) is 10.5 Å². The monoisotopic (exact) mass is 552 g/mol. The summed E-state index contributed by atoms with van der Waals surface area (Å²) in [6, 6.07) is 26.8. The van der Waals surface area contributed by atoms with Gasteiger partial charge in [0.15, 0.2) is 5.76 Å². The average molecular weight is 553 g/mol. The molecule has 1 aliphatic rings. The average Bonchev–Trinajstić information content (AvgIpc) is 3.66. The van der Waals surface area contributed by atoms with Gasteiger partial charge in [-0.3, -0.25) is 10.1 Å². The van der Waals surface area contributed by atoms with Crippen LogP contribution in [0.25, 0.3) is 33.2 Å². The number of nitrogens with one attached hydrogen (secondary N) is 1. The van der Waals surface area contributed by atoms with Gasteiger partial charge in [0.2, 0.25) is 0 Å². The van der Waals surface area contributed by atoms with Crippen LogP contribution < -0.4 is 5.32 Å². The molecule has 0 saturated heterocycles. The Bertz CT molecular complexity index is 1740. The molecule has 6 rings (SSSR count). The summed E-state index contributed by atoms with van der Waals surface area (Å²) in [5.74, 6) is -0.369. The second-order valence-corrected chi connectivity index (χ2v) is 10.3. The molecule has 1 aliphatic carbocycles. The van der Waals surface area contributed by atoms with E-state index in [1.165, 1.54) is 6.20 Å². The first-order valence-corrected chi connectivity index (χ1v) is 13.3. The smallest absolute Gasteiger partial charge is 0.412 e. The number of fused-ring (bicyclic) bond motifs is 1. The molecule has 1 fully saturated rings. The maximum absolute atomic E-state index is 12.8. The van der Waals surface area contributed by atoms with Gasteiger partial charge in [0.05, 0.1) is 11.6 Å². The lowest BCUT2D eigenvalue weighted by Gasteiger charge is -2.15. The van der Waals surface area contributed by atoms with Crippen molar-refractivity contribution in [2.24, 2.45) is 0 Å². The van der Waals surface area contributed by atoms with Gasteiger partial charge in [0, 0.05) is 16.1 Å². The molecule has 200 valence electrons. The lowest BCUT2D eigenvalue weighted by molar-refractivity contribution is -0.140.